The van der Waals surface area contributed by atoms with Gasteiger partial charge in [0.2, 0.25) is 0 Å². The van der Waals surface area contributed by atoms with E-state index in [9.17, 15) is 9.50 Å². The van der Waals surface area contributed by atoms with E-state index < -0.39 is 6.10 Å². The van der Waals surface area contributed by atoms with Gasteiger partial charge in [0.25, 0.3) is 0 Å². The first-order valence-corrected chi connectivity index (χ1v) is 7.24. The Kier molecular flexibility index (Phi) is 4.47. The normalized spacial score (nSPS) is 21.0. The molecular formula is C15H19FN4O2. The molecule has 1 aromatic carbocycles. The Labute approximate surface area is 128 Å². The SMILES string of the molecule is Cn1ncnc1C1COCCN1CC(O)c1cccc(F)c1. The first-order chi connectivity index (χ1) is 10.6. The molecule has 1 aliphatic heterocycles. The van der Waals surface area contributed by atoms with E-state index in [0.29, 0.717) is 31.9 Å². The van der Waals surface area contributed by atoms with E-state index in [1.807, 2.05) is 7.05 Å². The van der Waals surface area contributed by atoms with Crippen molar-refractivity contribution >= 4 is 0 Å². The molecule has 0 radical (unpaired) electrons. The summed E-state index contributed by atoms with van der Waals surface area (Å²) < 4.78 is 20.5. The number of aryl methyl sites for hydroxylation is 1. The van der Waals surface area contributed by atoms with Crippen molar-refractivity contribution in [3.8, 4) is 0 Å². The summed E-state index contributed by atoms with van der Waals surface area (Å²) in [6.45, 7) is 2.18. The molecule has 1 aromatic heterocycles. The van der Waals surface area contributed by atoms with Crippen molar-refractivity contribution in [2.75, 3.05) is 26.3 Å². The second kappa shape index (κ2) is 6.51. The number of hydrogen-bond acceptors (Lipinski definition) is 5. The first kappa shape index (κ1) is 15.1. The average molecular weight is 306 g/mol. The highest BCUT2D eigenvalue weighted by atomic mass is 19.1. The van der Waals surface area contributed by atoms with E-state index in [2.05, 4.69) is 15.0 Å². The van der Waals surface area contributed by atoms with Crippen LogP contribution < -0.4 is 0 Å². The van der Waals surface area contributed by atoms with Crippen LogP contribution in [0.25, 0.3) is 0 Å². The average Bonchev–Trinajstić information content (AvgIpc) is 2.94. The fraction of sp³-hybridized carbons (Fsp3) is 0.467. The maximum atomic E-state index is 13.3. The van der Waals surface area contributed by atoms with Gasteiger partial charge in [0.1, 0.15) is 18.0 Å². The standard InChI is InChI=1S/C15H19FN4O2/c1-19-15(17-10-18-19)13-9-22-6-5-20(13)8-14(21)11-3-2-4-12(16)7-11/h2-4,7,10,13-14,21H,5-6,8-9H2,1H3. The minimum Gasteiger partial charge on any atom is -0.387 e. The van der Waals surface area contributed by atoms with E-state index in [-0.39, 0.29) is 11.9 Å². The lowest BCUT2D eigenvalue weighted by Gasteiger charge is -2.35. The lowest BCUT2D eigenvalue weighted by Crippen LogP contribution is -2.42. The summed E-state index contributed by atoms with van der Waals surface area (Å²) >= 11 is 0. The van der Waals surface area contributed by atoms with Gasteiger partial charge in [0.05, 0.1) is 25.4 Å². The molecule has 0 spiro atoms. The number of morpholine rings is 1. The summed E-state index contributed by atoms with van der Waals surface area (Å²) in [5.41, 5.74) is 0.572. The number of aliphatic hydroxyl groups excluding tert-OH is 1. The Bertz CT molecular complexity index is 634. The van der Waals surface area contributed by atoms with E-state index >= 15 is 0 Å². The monoisotopic (exact) mass is 306 g/mol. The van der Waals surface area contributed by atoms with Gasteiger partial charge in [0.15, 0.2) is 0 Å². The molecule has 0 bridgehead atoms. The number of β-amino-alcohol motifs (C(OH)–C–C–N with tert-alkyl or cyclic N) is 1. The molecule has 1 fully saturated rings. The lowest BCUT2D eigenvalue weighted by molar-refractivity contribution is -0.0319. The van der Waals surface area contributed by atoms with Crippen molar-refractivity contribution in [3.05, 3.63) is 47.8 Å². The molecule has 1 N–H and O–H groups in total. The van der Waals surface area contributed by atoms with Gasteiger partial charge in [-0.15, -0.1) is 0 Å². The summed E-state index contributed by atoms with van der Waals surface area (Å²) in [6, 6.07) is 6.00. The molecule has 6 nitrogen and oxygen atoms in total. The van der Waals surface area contributed by atoms with Gasteiger partial charge in [-0.2, -0.15) is 5.10 Å². The van der Waals surface area contributed by atoms with Crippen LogP contribution in [0.2, 0.25) is 0 Å². The zero-order valence-corrected chi connectivity index (χ0v) is 12.4. The molecule has 7 heteroatoms. The number of hydrogen-bond donors (Lipinski definition) is 1. The Morgan fingerprint density at radius 2 is 2.36 bits per heavy atom. The maximum absolute atomic E-state index is 13.3. The number of rotatable bonds is 4. The highest BCUT2D eigenvalue weighted by Gasteiger charge is 2.29. The predicted molar refractivity (Wildman–Crippen MR) is 77.5 cm³/mol. The van der Waals surface area contributed by atoms with Gasteiger partial charge in [-0.05, 0) is 17.7 Å². The molecule has 0 aliphatic carbocycles. The Morgan fingerprint density at radius 3 is 3.09 bits per heavy atom. The molecule has 2 aromatic rings. The van der Waals surface area contributed by atoms with Crippen molar-refractivity contribution < 1.29 is 14.2 Å². The summed E-state index contributed by atoms with van der Waals surface area (Å²) in [5.74, 6) is 0.453. The maximum Gasteiger partial charge on any atom is 0.146 e. The van der Waals surface area contributed by atoms with Crippen LogP contribution in [0.1, 0.15) is 23.5 Å². The molecule has 2 heterocycles. The van der Waals surface area contributed by atoms with Gasteiger partial charge in [-0.25, -0.2) is 9.37 Å². The lowest BCUT2D eigenvalue weighted by atomic mass is 10.1. The Balaban J connectivity index is 1.75. The van der Waals surface area contributed by atoms with Crippen LogP contribution in [0.4, 0.5) is 4.39 Å². The molecule has 2 unspecified atom stereocenters. The summed E-state index contributed by atoms with van der Waals surface area (Å²) in [7, 11) is 1.83. The molecule has 22 heavy (non-hydrogen) atoms. The van der Waals surface area contributed by atoms with Crippen LogP contribution >= 0.6 is 0 Å². The van der Waals surface area contributed by atoms with Crippen molar-refractivity contribution in [3.63, 3.8) is 0 Å². The number of benzene rings is 1. The molecule has 0 saturated carbocycles. The zero-order valence-electron chi connectivity index (χ0n) is 12.4. The van der Waals surface area contributed by atoms with Crippen LogP contribution in [-0.2, 0) is 11.8 Å². The van der Waals surface area contributed by atoms with Gasteiger partial charge in [-0.3, -0.25) is 9.58 Å². The third kappa shape index (κ3) is 3.16. The highest BCUT2D eigenvalue weighted by Crippen LogP contribution is 2.25. The fourth-order valence-corrected chi connectivity index (χ4v) is 2.74. The second-order valence-corrected chi connectivity index (χ2v) is 5.40. The predicted octanol–water partition coefficient (Wildman–Crippen LogP) is 1.06. The molecule has 118 valence electrons. The van der Waals surface area contributed by atoms with Crippen LogP contribution in [0.3, 0.4) is 0 Å². The quantitative estimate of drug-likeness (QED) is 0.915. The van der Waals surface area contributed by atoms with Gasteiger partial charge >= 0.3 is 0 Å². The van der Waals surface area contributed by atoms with E-state index in [4.69, 9.17) is 4.74 Å². The number of ether oxygens (including phenoxy) is 1. The third-order valence-electron chi connectivity index (χ3n) is 3.92. The van der Waals surface area contributed by atoms with E-state index in [0.717, 1.165) is 5.82 Å². The van der Waals surface area contributed by atoms with Crippen molar-refractivity contribution in [1.82, 2.24) is 19.7 Å². The van der Waals surface area contributed by atoms with Crippen molar-refractivity contribution in [1.29, 1.82) is 0 Å². The van der Waals surface area contributed by atoms with Gasteiger partial charge in [-0.1, -0.05) is 12.1 Å². The fourth-order valence-electron chi connectivity index (χ4n) is 2.74. The molecule has 0 amide bonds. The molecular weight excluding hydrogens is 287 g/mol. The molecule has 1 saturated heterocycles. The minimum absolute atomic E-state index is 0.0653. The number of nitrogens with zero attached hydrogens (tertiary/aromatic N) is 4. The molecule has 3 rings (SSSR count). The largest absolute Gasteiger partial charge is 0.387 e. The number of halogens is 1. The summed E-state index contributed by atoms with van der Waals surface area (Å²) in [6.07, 6.45) is 0.745. The van der Waals surface area contributed by atoms with Crippen molar-refractivity contribution in [2.45, 2.75) is 12.1 Å². The van der Waals surface area contributed by atoms with E-state index in [1.54, 1.807) is 16.8 Å². The summed E-state index contributed by atoms with van der Waals surface area (Å²) in [4.78, 5) is 6.37. The number of aliphatic hydroxyl groups is 1. The zero-order chi connectivity index (χ0) is 15.5. The first-order valence-electron chi connectivity index (χ1n) is 7.24. The van der Waals surface area contributed by atoms with E-state index in [1.165, 1.54) is 18.5 Å². The van der Waals surface area contributed by atoms with Crippen LogP contribution in [0, 0.1) is 5.82 Å². The minimum atomic E-state index is -0.760. The van der Waals surface area contributed by atoms with Gasteiger partial charge < -0.3 is 9.84 Å². The van der Waals surface area contributed by atoms with Crippen LogP contribution in [-0.4, -0.2) is 51.1 Å². The Hall–Kier alpha value is -1.83. The second-order valence-electron chi connectivity index (χ2n) is 5.40. The van der Waals surface area contributed by atoms with Crippen molar-refractivity contribution in [2.24, 2.45) is 7.05 Å². The highest BCUT2D eigenvalue weighted by molar-refractivity contribution is 5.19. The van der Waals surface area contributed by atoms with Gasteiger partial charge in [0, 0.05) is 20.1 Å². The third-order valence-corrected chi connectivity index (χ3v) is 3.92. The topological polar surface area (TPSA) is 63.4 Å². The smallest absolute Gasteiger partial charge is 0.146 e. The molecule has 1 aliphatic rings. The number of aromatic nitrogens is 3. The summed E-state index contributed by atoms with van der Waals surface area (Å²) in [5, 5.41) is 14.5. The van der Waals surface area contributed by atoms with Crippen LogP contribution in [0.15, 0.2) is 30.6 Å². The Morgan fingerprint density at radius 1 is 1.50 bits per heavy atom. The van der Waals surface area contributed by atoms with Crippen LogP contribution in [0.5, 0.6) is 0 Å². The molecule has 2 atom stereocenters.